The molecule has 0 aliphatic carbocycles. The molecule has 1 radical (unpaired) electrons. The quantitative estimate of drug-likeness (QED) is 0.194. The summed E-state index contributed by atoms with van der Waals surface area (Å²) >= 11 is 2.78. The number of amides is 3. The first-order valence-electron chi connectivity index (χ1n) is 8.33. The second-order valence-corrected chi connectivity index (χ2v) is 7.19. The topological polar surface area (TPSA) is 137 Å². The molecule has 0 saturated heterocycles. The normalized spacial score (nSPS) is 14.7. The first-order chi connectivity index (χ1) is 12.0. The van der Waals surface area contributed by atoms with E-state index >= 15 is 0 Å². The molecule has 3 atom stereocenters. The Morgan fingerprint density at radius 3 is 2.08 bits per heavy atom. The minimum absolute atomic E-state index is 0.332. The summed E-state index contributed by atoms with van der Waals surface area (Å²) in [5.74, 6) is -2.62. The molecular formula is C16H27N4O5Se. The zero-order valence-corrected chi connectivity index (χ0v) is 17.2. The van der Waals surface area contributed by atoms with Crippen LogP contribution in [0.2, 0.25) is 0 Å². The number of carbonyl (C=O) groups excluding carboxylic acids is 3. The number of rotatable bonds is 11. The van der Waals surface area contributed by atoms with Gasteiger partial charge >= 0.3 is 149 Å². The monoisotopic (exact) mass is 435 g/mol. The molecule has 0 heterocycles. The number of carboxylic acid groups (broad SMARTS) is 1. The summed E-state index contributed by atoms with van der Waals surface area (Å²) < 4.78 is 0.840. The molecule has 0 fully saturated rings. The molecule has 0 bridgehead atoms. The molecule has 147 valence electrons. The van der Waals surface area contributed by atoms with E-state index in [-0.39, 0.29) is 5.91 Å². The van der Waals surface area contributed by atoms with Crippen LogP contribution in [0.5, 0.6) is 0 Å². The van der Waals surface area contributed by atoms with Crippen LogP contribution in [0.1, 0.15) is 47.0 Å². The van der Waals surface area contributed by atoms with E-state index in [2.05, 4.69) is 37.0 Å². The Morgan fingerprint density at radius 2 is 1.58 bits per heavy atom. The molecule has 0 rings (SSSR count). The van der Waals surface area contributed by atoms with Gasteiger partial charge in [0, 0.05) is 6.92 Å². The third-order valence-electron chi connectivity index (χ3n) is 3.41. The number of aliphatic imine (C=N–C) groups is 1. The van der Waals surface area contributed by atoms with E-state index in [1.807, 2.05) is 6.92 Å². The van der Waals surface area contributed by atoms with E-state index in [4.69, 9.17) is 5.11 Å². The number of carbonyl (C=O) groups is 4. The Kier molecular flexibility index (Phi) is 11.5. The van der Waals surface area contributed by atoms with Crippen molar-refractivity contribution in [3.8, 4) is 0 Å². The van der Waals surface area contributed by atoms with Gasteiger partial charge in [-0.3, -0.25) is 4.79 Å². The average molecular weight is 434 g/mol. The predicted octanol–water partition coefficient (Wildman–Crippen LogP) is -0.658. The van der Waals surface area contributed by atoms with Crippen LogP contribution in [0.25, 0.3) is 0 Å². The van der Waals surface area contributed by atoms with Crippen LogP contribution in [-0.4, -0.2) is 74.1 Å². The molecule has 0 aromatic heterocycles. The molecule has 0 aromatic carbocycles. The van der Waals surface area contributed by atoms with Crippen molar-refractivity contribution >= 4 is 44.3 Å². The molecule has 9 nitrogen and oxygen atoms in total. The molecular weight excluding hydrogens is 407 g/mol. The van der Waals surface area contributed by atoms with Crippen LogP contribution in [-0.2, 0) is 19.2 Å². The van der Waals surface area contributed by atoms with Crippen LogP contribution < -0.4 is 16.0 Å². The van der Waals surface area contributed by atoms with Gasteiger partial charge in [-0.2, -0.15) is 0 Å². The fourth-order valence-electron chi connectivity index (χ4n) is 2.01. The summed E-state index contributed by atoms with van der Waals surface area (Å²) in [5, 5.41) is 16.3. The fourth-order valence-corrected chi connectivity index (χ4v) is 2.20. The van der Waals surface area contributed by atoms with Gasteiger partial charge in [0.15, 0.2) is 0 Å². The summed E-state index contributed by atoms with van der Waals surface area (Å²) in [6, 6.07) is -2.76. The summed E-state index contributed by atoms with van der Waals surface area (Å²) in [6.07, 6.45) is 1.66. The Morgan fingerprint density at radius 1 is 0.962 bits per heavy atom. The van der Waals surface area contributed by atoms with Crippen LogP contribution >= 0.6 is 0 Å². The van der Waals surface area contributed by atoms with Gasteiger partial charge in [-0.15, -0.1) is 0 Å². The van der Waals surface area contributed by atoms with Gasteiger partial charge in [-0.05, 0) is 0 Å². The molecule has 0 saturated carbocycles. The maximum atomic E-state index is 12.3. The number of nitrogens with one attached hydrogen (secondary N) is 3. The van der Waals surface area contributed by atoms with Crippen LogP contribution in [0.15, 0.2) is 4.99 Å². The third-order valence-corrected chi connectivity index (χ3v) is 3.68. The van der Waals surface area contributed by atoms with E-state index in [0.717, 1.165) is 4.61 Å². The predicted molar refractivity (Wildman–Crippen MR) is 98.0 cm³/mol. The summed E-state index contributed by atoms with van der Waals surface area (Å²) in [5.41, 5.74) is 0. The maximum absolute atomic E-state index is 12.3. The van der Waals surface area contributed by atoms with Crippen molar-refractivity contribution in [2.24, 2.45) is 4.99 Å². The summed E-state index contributed by atoms with van der Waals surface area (Å²) in [6.45, 7) is 6.56. The Balaban J connectivity index is 4.83. The van der Waals surface area contributed by atoms with Crippen molar-refractivity contribution in [3.05, 3.63) is 0 Å². The average Bonchev–Trinajstić information content (AvgIpc) is 2.51. The first-order valence-corrected chi connectivity index (χ1v) is 9.19. The van der Waals surface area contributed by atoms with E-state index in [1.165, 1.54) is 20.8 Å². The number of hydrogen-bond donors (Lipinski definition) is 4. The van der Waals surface area contributed by atoms with Crippen molar-refractivity contribution < 1.29 is 24.3 Å². The molecule has 0 spiro atoms. The van der Waals surface area contributed by atoms with Gasteiger partial charge < -0.3 is 0 Å². The Labute approximate surface area is 161 Å². The Hall–Kier alpha value is -1.93. The van der Waals surface area contributed by atoms with Crippen molar-refractivity contribution in [2.75, 3.05) is 6.54 Å². The SMILES string of the molecule is CC(=O)N[C@@H](C)C(=O)N[C@@H](CCCCN=C(C)[Se])C(=O)N[C@@H](C)C(=O)O. The van der Waals surface area contributed by atoms with E-state index in [0.29, 0.717) is 25.8 Å². The number of carboxylic acids is 1. The fraction of sp³-hybridized carbons (Fsp3) is 0.688. The zero-order valence-electron chi connectivity index (χ0n) is 15.5. The van der Waals surface area contributed by atoms with E-state index in [9.17, 15) is 19.2 Å². The molecule has 0 aliphatic rings. The van der Waals surface area contributed by atoms with E-state index in [1.54, 1.807) is 0 Å². The van der Waals surface area contributed by atoms with Crippen molar-refractivity contribution in [3.63, 3.8) is 0 Å². The second kappa shape index (κ2) is 12.4. The first kappa shape index (κ1) is 24.1. The van der Waals surface area contributed by atoms with Crippen molar-refractivity contribution in [2.45, 2.75) is 65.1 Å². The van der Waals surface area contributed by atoms with E-state index < -0.39 is 35.9 Å². The number of nitrogens with zero attached hydrogens (tertiary/aromatic N) is 1. The number of hydrogen-bond acceptors (Lipinski definition) is 5. The van der Waals surface area contributed by atoms with Crippen molar-refractivity contribution in [1.29, 1.82) is 0 Å². The second-order valence-electron chi connectivity index (χ2n) is 5.95. The standard InChI is InChI=1S/C16H27N4O5Se/c1-9(18-11(3)21)14(22)20-13(7-5-6-8-17-12(4)26)15(23)19-10(2)16(24)25/h9-10,13H,5-8H2,1-4H3,(H,18,21)(H,19,23)(H,20,22)(H,24,25)/t9-,10-,13-/m0/s1. The number of aliphatic carboxylic acids is 1. The van der Waals surface area contributed by atoms with Gasteiger partial charge in [0.05, 0.1) is 0 Å². The van der Waals surface area contributed by atoms with Crippen molar-refractivity contribution in [1.82, 2.24) is 16.0 Å². The number of unbranched alkanes of at least 4 members (excludes halogenated alkanes) is 1. The molecule has 0 aromatic rings. The Bertz CT molecular complexity index is 549. The van der Waals surface area contributed by atoms with Crippen LogP contribution in [0.4, 0.5) is 0 Å². The molecule has 0 unspecified atom stereocenters. The molecule has 0 aliphatic heterocycles. The van der Waals surface area contributed by atoms with Crippen LogP contribution in [0, 0.1) is 0 Å². The summed E-state index contributed by atoms with van der Waals surface area (Å²) in [7, 11) is 0. The van der Waals surface area contributed by atoms with Gasteiger partial charge in [0.25, 0.3) is 0 Å². The molecule has 3 amide bonds. The zero-order chi connectivity index (χ0) is 20.3. The summed E-state index contributed by atoms with van der Waals surface area (Å²) in [4.78, 5) is 50.6. The molecule has 4 N–H and O–H groups in total. The molecule has 10 heteroatoms. The minimum atomic E-state index is -1.17. The molecule has 26 heavy (non-hydrogen) atoms. The third kappa shape index (κ3) is 10.8. The van der Waals surface area contributed by atoms with Gasteiger partial charge in [0.1, 0.15) is 0 Å². The van der Waals surface area contributed by atoms with Gasteiger partial charge in [-0.25, -0.2) is 0 Å². The van der Waals surface area contributed by atoms with Gasteiger partial charge in [0.2, 0.25) is 0 Å². The van der Waals surface area contributed by atoms with Gasteiger partial charge in [-0.1, -0.05) is 0 Å². The van der Waals surface area contributed by atoms with Crippen LogP contribution in [0.3, 0.4) is 0 Å².